The van der Waals surface area contributed by atoms with Gasteiger partial charge in [0.25, 0.3) is 0 Å². The highest BCUT2D eigenvalue weighted by molar-refractivity contribution is 5.52. The molecular weight excluding hydrogens is 236 g/mol. The Hall–Kier alpha value is -1.03. The maximum Gasteiger partial charge on any atom is 0.0827 e. The largest absolute Gasteiger partial charge is 0.363 e. The van der Waals surface area contributed by atoms with Crippen molar-refractivity contribution in [2.24, 2.45) is 7.05 Å². The average Bonchev–Trinajstić information content (AvgIpc) is 2.67. The molecule has 2 unspecified atom stereocenters. The van der Waals surface area contributed by atoms with Gasteiger partial charge in [0.05, 0.1) is 11.4 Å². The molecule has 0 aromatic carbocycles. The van der Waals surface area contributed by atoms with Crippen LogP contribution in [-0.2, 0) is 7.05 Å². The summed E-state index contributed by atoms with van der Waals surface area (Å²) in [5.41, 5.74) is 2.55. The van der Waals surface area contributed by atoms with Crippen LogP contribution < -0.4 is 10.2 Å². The van der Waals surface area contributed by atoms with E-state index in [2.05, 4.69) is 35.4 Å². The summed E-state index contributed by atoms with van der Waals surface area (Å²) < 4.78 is 1.96. The molecule has 4 nitrogen and oxygen atoms in total. The van der Waals surface area contributed by atoms with E-state index in [1.54, 1.807) is 0 Å². The zero-order chi connectivity index (χ0) is 13.4. The summed E-state index contributed by atoms with van der Waals surface area (Å²) >= 11 is 0. The third kappa shape index (κ3) is 2.38. The van der Waals surface area contributed by atoms with Crippen molar-refractivity contribution in [2.75, 3.05) is 11.4 Å². The highest BCUT2D eigenvalue weighted by Crippen LogP contribution is 2.38. The lowest BCUT2D eigenvalue weighted by molar-refractivity contribution is 0.247. The second kappa shape index (κ2) is 5.16. The molecule has 106 valence electrons. The van der Waals surface area contributed by atoms with Gasteiger partial charge in [-0.15, -0.1) is 0 Å². The summed E-state index contributed by atoms with van der Waals surface area (Å²) in [7, 11) is 2.03. The summed E-state index contributed by atoms with van der Waals surface area (Å²) in [5.74, 6) is 0. The van der Waals surface area contributed by atoms with Crippen molar-refractivity contribution in [1.82, 2.24) is 15.1 Å². The van der Waals surface area contributed by atoms with Crippen LogP contribution in [0, 0.1) is 6.92 Å². The summed E-state index contributed by atoms with van der Waals surface area (Å²) in [5, 5.41) is 8.19. The van der Waals surface area contributed by atoms with Gasteiger partial charge in [-0.2, -0.15) is 5.10 Å². The maximum atomic E-state index is 4.53. The van der Waals surface area contributed by atoms with Crippen molar-refractivity contribution < 1.29 is 0 Å². The van der Waals surface area contributed by atoms with Crippen molar-refractivity contribution in [1.29, 1.82) is 0 Å². The van der Waals surface area contributed by atoms with Gasteiger partial charge in [0.1, 0.15) is 0 Å². The number of piperidine rings is 2. The molecule has 19 heavy (non-hydrogen) atoms. The SMILES string of the molecule is CCNC1CC2CCCC(C1)N2c1cn(C)nc1C. The number of nitrogens with one attached hydrogen (secondary N) is 1. The van der Waals surface area contributed by atoms with Crippen molar-refractivity contribution in [3.63, 3.8) is 0 Å². The molecule has 0 spiro atoms. The Labute approximate surface area is 116 Å². The van der Waals surface area contributed by atoms with Gasteiger partial charge in [0, 0.05) is 31.4 Å². The lowest BCUT2D eigenvalue weighted by Gasteiger charge is -2.50. The Morgan fingerprint density at radius 1 is 1.32 bits per heavy atom. The minimum atomic E-state index is 0.708. The lowest BCUT2D eigenvalue weighted by atomic mass is 9.81. The van der Waals surface area contributed by atoms with Crippen molar-refractivity contribution in [3.8, 4) is 0 Å². The summed E-state index contributed by atoms with van der Waals surface area (Å²) in [6.07, 6.45) is 8.86. The molecule has 0 radical (unpaired) electrons. The molecule has 0 saturated carbocycles. The van der Waals surface area contributed by atoms with E-state index in [1.165, 1.54) is 43.5 Å². The molecular formula is C15H26N4. The molecule has 2 bridgehead atoms. The number of aromatic nitrogens is 2. The first-order valence-corrected chi connectivity index (χ1v) is 7.71. The zero-order valence-corrected chi connectivity index (χ0v) is 12.4. The van der Waals surface area contributed by atoms with E-state index >= 15 is 0 Å². The van der Waals surface area contributed by atoms with Crippen LogP contribution in [0.3, 0.4) is 0 Å². The summed E-state index contributed by atoms with van der Waals surface area (Å²) in [6.45, 7) is 5.45. The number of hydrogen-bond donors (Lipinski definition) is 1. The van der Waals surface area contributed by atoms with Crippen molar-refractivity contribution >= 4 is 5.69 Å². The van der Waals surface area contributed by atoms with E-state index in [0.717, 1.165) is 6.54 Å². The second-order valence-electron chi connectivity index (χ2n) is 6.15. The molecule has 2 saturated heterocycles. The minimum Gasteiger partial charge on any atom is -0.363 e. The summed E-state index contributed by atoms with van der Waals surface area (Å²) in [6, 6.07) is 2.13. The molecule has 2 aliphatic heterocycles. The van der Waals surface area contributed by atoms with Crippen LogP contribution in [0.25, 0.3) is 0 Å². The van der Waals surface area contributed by atoms with Crippen LogP contribution >= 0.6 is 0 Å². The van der Waals surface area contributed by atoms with E-state index in [0.29, 0.717) is 18.1 Å². The normalized spacial score (nSPS) is 30.7. The Balaban J connectivity index is 1.84. The standard InChI is InChI=1S/C15H26N4/c1-4-16-12-8-13-6-5-7-14(9-12)19(13)15-10-18(3)17-11(15)2/h10,12-14,16H,4-9H2,1-3H3. The number of hydrogen-bond acceptors (Lipinski definition) is 3. The van der Waals surface area contributed by atoms with E-state index in [1.807, 2.05) is 11.7 Å². The molecule has 2 aliphatic rings. The summed E-state index contributed by atoms with van der Waals surface area (Å²) in [4.78, 5) is 2.68. The Kier molecular flexibility index (Phi) is 3.52. The van der Waals surface area contributed by atoms with Crippen LogP contribution in [0.5, 0.6) is 0 Å². The van der Waals surface area contributed by atoms with Crippen LogP contribution in [0.15, 0.2) is 6.20 Å². The van der Waals surface area contributed by atoms with Gasteiger partial charge in [-0.05, 0) is 45.6 Å². The molecule has 1 aromatic heterocycles. The molecule has 3 heterocycles. The Morgan fingerprint density at radius 2 is 2.00 bits per heavy atom. The molecule has 2 fully saturated rings. The number of fused-ring (bicyclic) bond motifs is 2. The number of nitrogens with zero attached hydrogens (tertiary/aromatic N) is 3. The highest BCUT2D eigenvalue weighted by Gasteiger charge is 2.39. The predicted molar refractivity (Wildman–Crippen MR) is 78.5 cm³/mol. The fraction of sp³-hybridized carbons (Fsp3) is 0.800. The van der Waals surface area contributed by atoms with Gasteiger partial charge >= 0.3 is 0 Å². The van der Waals surface area contributed by atoms with Crippen molar-refractivity contribution in [2.45, 2.75) is 64.1 Å². The van der Waals surface area contributed by atoms with E-state index in [9.17, 15) is 0 Å². The number of aryl methyl sites for hydroxylation is 2. The molecule has 4 heteroatoms. The first-order valence-electron chi connectivity index (χ1n) is 7.71. The lowest BCUT2D eigenvalue weighted by Crippen LogP contribution is -2.56. The highest BCUT2D eigenvalue weighted by atomic mass is 15.3. The topological polar surface area (TPSA) is 33.1 Å². The van der Waals surface area contributed by atoms with Gasteiger partial charge in [-0.1, -0.05) is 6.92 Å². The van der Waals surface area contributed by atoms with E-state index in [-0.39, 0.29) is 0 Å². The molecule has 0 amide bonds. The Bertz CT molecular complexity index is 425. The molecule has 3 rings (SSSR count). The van der Waals surface area contributed by atoms with Crippen LogP contribution in [-0.4, -0.2) is 34.5 Å². The zero-order valence-electron chi connectivity index (χ0n) is 12.4. The third-order valence-corrected chi connectivity index (χ3v) is 4.73. The fourth-order valence-electron chi connectivity index (χ4n) is 4.07. The van der Waals surface area contributed by atoms with E-state index < -0.39 is 0 Å². The van der Waals surface area contributed by atoms with Crippen LogP contribution in [0.1, 0.15) is 44.7 Å². The van der Waals surface area contributed by atoms with Gasteiger partial charge in [-0.3, -0.25) is 4.68 Å². The monoisotopic (exact) mass is 262 g/mol. The minimum absolute atomic E-state index is 0.708. The number of rotatable bonds is 3. The smallest absolute Gasteiger partial charge is 0.0827 e. The average molecular weight is 262 g/mol. The van der Waals surface area contributed by atoms with E-state index in [4.69, 9.17) is 0 Å². The van der Waals surface area contributed by atoms with Gasteiger partial charge < -0.3 is 10.2 Å². The second-order valence-corrected chi connectivity index (χ2v) is 6.15. The first-order chi connectivity index (χ1) is 9.19. The molecule has 1 N–H and O–H groups in total. The molecule has 2 atom stereocenters. The van der Waals surface area contributed by atoms with Crippen LogP contribution in [0.2, 0.25) is 0 Å². The third-order valence-electron chi connectivity index (χ3n) is 4.73. The van der Waals surface area contributed by atoms with Crippen molar-refractivity contribution in [3.05, 3.63) is 11.9 Å². The molecule has 1 aromatic rings. The maximum absolute atomic E-state index is 4.53. The fourth-order valence-corrected chi connectivity index (χ4v) is 4.07. The quantitative estimate of drug-likeness (QED) is 0.907. The van der Waals surface area contributed by atoms with Gasteiger partial charge in [0.15, 0.2) is 0 Å². The van der Waals surface area contributed by atoms with Crippen LogP contribution in [0.4, 0.5) is 5.69 Å². The predicted octanol–water partition coefficient (Wildman–Crippen LogP) is 2.23. The molecule has 0 aliphatic carbocycles. The number of anilines is 1. The first kappa shape index (κ1) is 13.0. The Morgan fingerprint density at radius 3 is 2.53 bits per heavy atom. The van der Waals surface area contributed by atoms with Gasteiger partial charge in [0.2, 0.25) is 0 Å². The van der Waals surface area contributed by atoms with Gasteiger partial charge in [-0.25, -0.2) is 0 Å².